The molecule has 0 aromatic heterocycles. The Balaban J connectivity index is 2.03. The molecule has 0 aliphatic heterocycles. The van der Waals surface area contributed by atoms with Crippen molar-refractivity contribution in [3.8, 4) is 0 Å². The number of benzene rings is 2. The van der Waals surface area contributed by atoms with E-state index in [0.29, 0.717) is 6.54 Å². The molecule has 25 heavy (non-hydrogen) atoms. The van der Waals surface area contributed by atoms with E-state index in [4.69, 9.17) is 5.73 Å². The average molecular weight is 341 g/mol. The summed E-state index contributed by atoms with van der Waals surface area (Å²) in [5.41, 5.74) is 6.47. The molecule has 0 fully saturated rings. The van der Waals surface area contributed by atoms with Crippen molar-refractivity contribution in [2.45, 2.75) is 39.3 Å². The Kier molecular flexibility index (Phi) is 6.53. The zero-order valence-electron chi connectivity index (χ0n) is 15.1. The monoisotopic (exact) mass is 341 g/mol. The van der Waals surface area contributed by atoms with Crippen LogP contribution in [0, 0.1) is 5.92 Å². The van der Waals surface area contributed by atoms with Gasteiger partial charge >= 0.3 is 0 Å². The maximum absolute atomic E-state index is 12.4. The molecule has 1 unspecified atom stereocenters. The summed E-state index contributed by atoms with van der Waals surface area (Å²) in [6, 6.07) is 13.3. The van der Waals surface area contributed by atoms with Gasteiger partial charge in [0, 0.05) is 12.6 Å². The summed E-state index contributed by atoms with van der Waals surface area (Å²) < 4.78 is 0. The fraction of sp³-hybridized carbons (Fsp3) is 0.400. The lowest BCUT2D eigenvalue weighted by Gasteiger charge is -2.23. The molecule has 2 amide bonds. The van der Waals surface area contributed by atoms with Crippen LogP contribution < -0.4 is 16.4 Å². The summed E-state index contributed by atoms with van der Waals surface area (Å²) >= 11 is 0. The molecule has 2 aromatic rings. The Morgan fingerprint density at radius 1 is 1.00 bits per heavy atom. The highest BCUT2D eigenvalue weighted by Crippen LogP contribution is 2.16. The van der Waals surface area contributed by atoms with Crippen molar-refractivity contribution in [3.63, 3.8) is 0 Å². The zero-order valence-corrected chi connectivity index (χ0v) is 15.1. The fourth-order valence-corrected chi connectivity index (χ4v) is 2.69. The second kappa shape index (κ2) is 8.62. The predicted octanol–water partition coefficient (Wildman–Crippen LogP) is 1.99. The summed E-state index contributed by atoms with van der Waals surface area (Å²) in [4.78, 5) is 24.7. The van der Waals surface area contributed by atoms with E-state index in [9.17, 15) is 9.59 Å². The SMILES string of the molecule is CC(C)C(NC(=O)Cc1ccc2ccccc2c1)C(=O)N[C@@H](C)CN. The first-order chi connectivity index (χ1) is 11.9. The predicted molar refractivity (Wildman–Crippen MR) is 101 cm³/mol. The van der Waals surface area contributed by atoms with Crippen LogP contribution in [0.1, 0.15) is 26.3 Å². The van der Waals surface area contributed by atoms with Crippen LogP contribution in [0.5, 0.6) is 0 Å². The molecule has 0 aliphatic carbocycles. The van der Waals surface area contributed by atoms with Crippen LogP contribution in [-0.2, 0) is 16.0 Å². The minimum absolute atomic E-state index is 0.00877. The first kappa shape index (κ1) is 18.9. The van der Waals surface area contributed by atoms with Gasteiger partial charge in [0.15, 0.2) is 0 Å². The van der Waals surface area contributed by atoms with Crippen LogP contribution in [-0.4, -0.2) is 30.4 Å². The molecule has 0 saturated carbocycles. The van der Waals surface area contributed by atoms with E-state index in [1.807, 2.05) is 63.2 Å². The summed E-state index contributed by atoms with van der Waals surface area (Å²) in [5, 5.41) is 7.92. The number of amides is 2. The highest BCUT2D eigenvalue weighted by molar-refractivity contribution is 5.89. The number of fused-ring (bicyclic) bond motifs is 1. The quantitative estimate of drug-likeness (QED) is 0.720. The molecule has 0 radical (unpaired) electrons. The third-order valence-corrected chi connectivity index (χ3v) is 4.19. The lowest BCUT2D eigenvalue weighted by molar-refractivity contribution is -0.130. The van der Waals surface area contributed by atoms with Gasteiger partial charge in [-0.25, -0.2) is 0 Å². The molecule has 0 bridgehead atoms. The molecule has 5 nitrogen and oxygen atoms in total. The maximum atomic E-state index is 12.4. The number of hydrogen-bond donors (Lipinski definition) is 3. The van der Waals surface area contributed by atoms with Crippen molar-refractivity contribution in [1.82, 2.24) is 10.6 Å². The third kappa shape index (κ3) is 5.29. The summed E-state index contributed by atoms with van der Waals surface area (Å²) in [6.45, 7) is 6.02. The molecular formula is C20H27N3O2. The van der Waals surface area contributed by atoms with Crippen LogP contribution in [0.3, 0.4) is 0 Å². The standard InChI is InChI=1S/C20H27N3O2/c1-13(2)19(20(25)22-14(3)12-21)23-18(24)11-15-8-9-16-6-4-5-7-17(16)10-15/h4-10,13-14,19H,11-12,21H2,1-3H3,(H,22,25)(H,23,24)/t14-,19?/m0/s1. The molecule has 2 aromatic carbocycles. The fourth-order valence-electron chi connectivity index (χ4n) is 2.69. The maximum Gasteiger partial charge on any atom is 0.243 e. The van der Waals surface area contributed by atoms with Gasteiger partial charge in [-0.05, 0) is 29.2 Å². The molecule has 2 atom stereocenters. The highest BCUT2D eigenvalue weighted by atomic mass is 16.2. The second-order valence-electron chi connectivity index (χ2n) is 6.79. The summed E-state index contributed by atoms with van der Waals surface area (Å²) in [5.74, 6) is -0.366. The third-order valence-electron chi connectivity index (χ3n) is 4.19. The summed E-state index contributed by atoms with van der Waals surface area (Å²) in [6.07, 6.45) is 0.244. The first-order valence-corrected chi connectivity index (χ1v) is 8.68. The highest BCUT2D eigenvalue weighted by Gasteiger charge is 2.24. The Morgan fingerprint density at radius 3 is 2.32 bits per heavy atom. The number of rotatable bonds is 7. The molecule has 0 saturated heterocycles. The van der Waals surface area contributed by atoms with Crippen LogP contribution in [0.15, 0.2) is 42.5 Å². The molecule has 4 N–H and O–H groups in total. The van der Waals surface area contributed by atoms with E-state index in [2.05, 4.69) is 10.6 Å². The second-order valence-corrected chi connectivity index (χ2v) is 6.79. The molecule has 0 aliphatic rings. The topological polar surface area (TPSA) is 84.2 Å². The van der Waals surface area contributed by atoms with E-state index < -0.39 is 6.04 Å². The Labute approximate surface area is 149 Å². The molecule has 0 heterocycles. The van der Waals surface area contributed by atoms with Gasteiger partial charge in [0.2, 0.25) is 11.8 Å². The van der Waals surface area contributed by atoms with Crippen molar-refractivity contribution in [1.29, 1.82) is 0 Å². The molecule has 134 valence electrons. The van der Waals surface area contributed by atoms with Gasteiger partial charge < -0.3 is 16.4 Å². The Bertz CT molecular complexity index is 743. The number of nitrogens with one attached hydrogen (secondary N) is 2. The van der Waals surface area contributed by atoms with E-state index >= 15 is 0 Å². The number of carbonyl (C=O) groups excluding carboxylic acids is 2. The largest absolute Gasteiger partial charge is 0.351 e. The lowest BCUT2D eigenvalue weighted by atomic mass is 10.0. The van der Waals surface area contributed by atoms with Gasteiger partial charge in [-0.2, -0.15) is 0 Å². The van der Waals surface area contributed by atoms with Crippen molar-refractivity contribution < 1.29 is 9.59 Å². The van der Waals surface area contributed by atoms with Crippen molar-refractivity contribution in [2.24, 2.45) is 11.7 Å². The summed E-state index contributed by atoms with van der Waals surface area (Å²) in [7, 11) is 0. The van der Waals surface area contributed by atoms with Gasteiger partial charge in [-0.3, -0.25) is 9.59 Å². The molecule has 2 rings (SSSR count). The number of nitrogens with two attached hydrogens (primary N) is 1. The van der Waals surface area contributed by atoms with Crippen molar-refractivity contribution >= 4 is 22.6 Å². The van der Waals surface area contributed by atoms with Gasteiger partial charge in [-0.1, -0.05) is 56.3 Å². The van der Waals surface area contributed by atoms with Gasteiger partial charge in [0.25, 0.3) is 0 Å². The van der Waals surface area contributed by atoms with Crippen molar-refractivity contribution in [2.75, 3.05) is 6.54 Å². The zero-order chi connectivity index (χ0) is 18.4. The van der Waals surface area contributed by atoms with E-state index in [1.165, 1.54) is 0 Å². The first-order valence-electron chi connectivity index (χ1n) is 8.68. The van der Waals surface area contributed by atoms with E-state index in [1.54, 1.807) is 0 Å². The number of hydrogen-bond acceptors (Lipinski definition) is 3. The molecular weight excluding hydrogens is 314 g/mol. The van der Waals surface area contributed by atoms with Crippen molar-refractivity contribution in [3.05, 3.63) is 48.0 Å². The smallest absolute Gasteiger partial charge is 0.243 e. The minimum atomic E-state index is -0.568. The van der Waals surface area contributed by atoms with Crippen LogP contribution in [0.2, 0.25) is 0 Å². The van der Waals surface area contributed by atoms with E-state index in [-0.39, 0.29) is 30.2 Å². The van der Waals surface area contributed by atoms with Crippen LogP contribution in [0.25, 0.3) is 10.8 Å². The Morgan fingerprint density at radius 2 is 1.68 bits per heavy atom. The van der Waals surface area contributed by atoms with Gasteiger partial charge in [0.1, 0.15) is 6.04 Å². The molecule has 0 spiro atoms. The molecule has 5 heteroatoms. The van der Waals surface area contributed by atoms with E-state index in [0.717, 1.165) is 16.3 Å². The Hall–Kier alpha value is -2.40. The van der Waals surface area contributed by atoms with Crippen LogP contribution in [0.4, 0.5) is 0 Å². The van der Waals surface area contributed by atoms with Gasteiger partial charge in [0.05, 0.1) is 6.42 Å². The normalized spacial score (nSPS) is 13.5. The van der Waals surface area contributed by atoms with Crippen LogP contribution >= 0.6 is 0 Å². The van der Waals surface area contributed by atoms with Gasteiger partial charge in [-0.15, -0.1) is 0 Å². The minimum Gasteiger partial charge on any atom is -0.351 e. The number of carbonyl (C=O) groups is 2. The lowest BCUT2D eigenvalue weighted by Crippen LogP contribution is -2.53. The average Bonchev–Trinajstić information content (AvgIpc) is 2.59.